The maximum absolute atomic E-state index is 13.6. The number of rotatable bonds is 10. The molecule has 0 unspecified atom stereocenters. The van der Waals surface area contributed by atoms with Crippen molar-refractivity contribution in [3.8, 4) is 5.69 Å². The Morgan fingerprint density at radius 1 is 1.02 bits per heavy atom. The van der Waals surface area contributed by atoms with Crippen LogP contribution in [-0.2, 0) is 25.8 Å². The van der Waals surface area contributed by atoms with Crippen LogP contribution in [0, 0.1) is 6.92 Å². The molecule has 13 heteroatoms. The lowest BCUT2D eigenvalue weighted by molar-refractivity contribution is -0.116. The molecule has 0 saturated carbocycles. The Bertz CT molecular complexity index is 1860. The number of halogens is 2. The van der Waals surface area contributed by atoms with Crippen molar-refractivity contribution in [1.82, 2.24) is 14.8 Å². The van der Waals surface area contributed by atoms with Gasteiger partial charge in [-0.2, -0.15) is 0 Å². The van der Waals surface area contributed by atoms with E-state index in [1.54, 1.807) is 18.2 Å². The van der Waals surface area contributed by atoms with Crippen molar-refractivity contribution < 1.29 is 22.7 Å². The van der Waals surface area contributed by atoms with Gasteiger partial charge in [-0.15, -0.1) is 11.3 Å². The zero-order valence-corrected chi connectivity index (χ0v) is 26.4. The van der Waals surface area contributed by atoms with E-state index in [0.717, 1.165) is 30.0 Å². The molecule has 226 valence electrons. The van der Waals surface area contributed by atoms with Crippen LogP contribution in [0.4, 0.5) is 0 Å². The van der Waals surface area contributed by atoms with Crippen LogP contribution in [0.5, 0.6) is 0 Å². The molecule has 1 saturated heterocycles. The molecule has 43 heavy (non-hydrogen) atoms. The van der Waals surface area contributed by atoms with Crippen molar-refractivity contribution >= 4 is 66.8 Å². The molecule has 4 aromatic rings. The number of nitrogens with zero attached hydrogens (tertiary/aromatic N) is 2. The molecule has 1 fully saturated rings. The Morgan fingerprint density at radius 2 is 1.79 bits per heavy atom. The lowest BCUT2D eigenvalue weighted by Gasteiger charge is -2.26. The predicted molar refractivity (Wildman–Crippen MR) is 169 cm³/mol. The molecule has 2 aromatic heterocycles. The number of ether oxygens (including phenoxy) is 1. The highest BCUT2D eigenvalue weighted by Gasteiger charge is 2.22. The van der Waals surface area contributed by atoms with E-state index < -0.39 is 21.4 Å². The van der Waals surface area contributed by atoms with Gasteiger partial charge >= 0.3 is 0 Å². The number of nitrogens with one attached hydrogen (secondary N) is 1. The number of pyridine rings is 1. The fourth-order valence-corrected chi connectivity index (χ4v) is 8.05. The van der Waals surface area contributed by atoms with Gasteiger partial charge in [0.15, 0.2) is 15.6 Å². The first-order chi connectivity index (χ1) is 20.5. The Kier molecular flexibility index (Phi) is 9.70. The molecular weight excluding hydrogens is 633 g/mol. The number of morpholine rings is 1. The zero-order chi connectivity index (χ0) is 30.7. The van der Waals surface area contributed by atoms with Gasteiger partial charge < -0.3 is 10.1 Å². The van der Waals surface area contributed by atoms with Crippen LogP contribution in [0.2, 0.25) is 9.36 Å². The van der Waals surface area contributed by atoms with Gasteiger partial charge in [-0.1, -0.05) is 47.0 Å². The smallest absolute Gasteiger partial charge is 0.263 e. The van der Waals surface area contributed by atoms with Crippen molar-refractivity contribution in [3.63, 3.8) is 0 Å². The summed E-state index contributed by atoms with van der Waals surface area (Å²) in [6, 6.07) is 12.9. The van der Waals surface area contributed by atoms with E-state index in [1.807, 2.05) is 19.1 Å². The van der Waals surface area contributed by atoms with E-state index in [1.165, 1.54) is 29.0 Å². The summed E-state index contributed by atoms with van der Waals surface area (Å²) >= 11 is 13.4. The number of aryl methyl sites for hydroxylation is 1. The molecule has 5 rings (SSSR count). The fraction of sp³-hybridized carbons (Fsp3) is 0.300. The molecule has 1 aliphatic rings. The Balaban J connectivity index is 1.39. The standard InChI is InChI=1S/C30H29Cl2N3O6S2/c1-19-2-4-22-23(14-19)24(29(37)33-8-9-34-10-12-41-13-11-34)17-35(30(22)38)26-5-3-20(16-25(26)31)15-21(36)18-43(39,40)28-7-6-27(32)42-28/h2-7,14,16-17H,8-13,15,18H2,1H3,(H,33,37). The number of amides is 1. The SMILES string of the molecule is Cc1ccc2c(=O)n(-c3ccc(CC(=O)CS(=O)(=O)c4ccc(Cl)s4)cc3Cl)cc(C(=O)NCCN3CCOCC3)c2c1. The fourth-order valence-electron chi connectivity index (χ4n) is 4.94. The van der Waals surface area contributed by atoms with Crippen molar-refractivity contribution in [2.75, 3.05) is 45.1 Å². The maximum Gasteiger partial charge on any atom is 0.263 e. The van der Waals surface area contributed by atoms with Crippen molar-refractivity contribution in [3.05, 3.63) is 91.1 Å². The van der Waals surface area contributed by atoms with Gasteiger partial charge in [0.05, 0.1) is 33.8 Å². The van der Waals surface area contributed by atoms with Crippen LogP contribution in [0.1, 0.15) is 21.5 Å². The average Bonchev–Trinajstić information content (AvgIpc) is 3.41. The second-order valence-electron chi connectivity index (χ2n) is 10.3. The van der Waals surface area contributed by atoms with Crippen LogP contribution in [0.3, 0.4) is 0 Å². The number of thiophene rings is 1. The molecular formula is C30H29Cl2N3O6S2. The molecule has 9 nitrogen and oxygen atoms in total. The number of aromatic nitrogens is 1. The maximum atomic E-state index is 13.6. The summed E-state index contributed by atoms with van der Waals surface area (Å²) in [6.45, 7) is 5.96. The van der Waals surface area contributed by atoms with E-state index in [9.17, 15) is 22.8 Å². The van der Waals surface area contributed by atoms with E-state index in [-0.39, 0.29) is 27.1 Å². The number of carbonyl (C=O) groups is 2. The number of Topliss-reactive ketones (excluding diaryl/α,β-unsaturated/α-hetero) is 1. The third-order valence-electron chi connectivity index (χ3n) is 7.11. The summed E-state index contributed by atoms with van der Waals surface area (Å²) in [5.74, 6) is -1.50. The van der Waals surface area contributed by atoms with E-state index in [4.69, 9.17) is 27.9 Å². The molecule has 0 radical (unpaired) electrons. The minimum atomic E-state index is -3.82. The molecule has 0 bridgehead atoms. The summed E-state index contributed by atoms with van der Waals surface area (Å²) in [7, 11) is -3.82. The Morgan fingerprint density at radius 3 is 2.49 bits per heavy atom. The number of fused-ring (bicyclic) bond motifs is 1. The number of hydrogen-bond acceptors (Lipinski definition) is 8. The first-order valence-electron chi connectivity index (χ1n) is 13.5. The molecule has 1 aliphatic heterocycles. The second-order valence-corrected chi connectivity index (χ2v) is 14.6. The number of ketones is 1. The van der Waals surface area contributed by atoms with Gasteiger partial charge in [0.1, 0.15) is 9.96 Å². The predicted octanol–water partition coefficient (Wildman–Crippen LogP) is 4.31. The summed E-state index contributed by atoms with van der Waals surface area (Å²) in [5.41, 5.74) is 1.70. The van der Waals surface area contributed by atoms with Crippen LogP contribution >= 0.6 is 34.5 Å². The third kappa shape index (κ3) is 7.36. The molecule has 0 aliphatic carbocycles. The van der Waals surface area contributed by atoms with Gasteiger partial charge in [0.2, 0.25) is 0 Å². The van der Waals surface area contributed by atoms with Crippen molar-refractivity contribution in [1.29, 1.82) is 0 Å². The largest absolute Gasteiger partial charge is 0.379 e. The van der Waals surface area contributed by atoms with Crippen LogP contribution in [-0.4, -0.2) is 74.7 Å². The zero-order valence-electron chi connectivity index (χ0n) is 23.3. The highest BCUT2D eigenvalue weighted by Crippen LogP contribution is 2.28. The van der Waals surface area contributed by atoms with Crippen LogP contribution < -0.4 is 10.9 Å². The molecule has 2 aromatic carbocycles. The summed E-state index contributed by atoms with van der Waals surface area (Å²) < 4.78 is 32.2. The molecule has 3 heterocycles. The Hall–Kier alpha value is -3.06. The lowest BCUT2D eigenvalue weighted by atomic mass is 10.0. The minimum absolute atomic E-state index is 0.0334. The quantitative estimate of drug-likeness (QED) is 0.269. The van der Waals surface area contributed by atoms with Gasteiger partial charge in [-0.05, 0) is 42.8 Å². The average molecular weight is 663 g/mol. The first kappa shape index (κ1) is 31.4. The number of hydrogen-bond donors (Lipinski definition) is 1. The monoisotopic (exact) mass is 661 g/mol. The molecule has 0 spiro atoms. The molecule has 0 atom stereocenters. The van der Waals surface area contributed by atoms with Gasteiger partial charge in [0, 0.05) is 49.6 Å². The summed E-state index contributed by atoms with van der Waals surface area (Å²) in [5, 5.41) is 4.04. The van der Waals surface area contributed by atoms with E-state index in [2.05, 4.69) is 10.2 Å². The molecule has 1 amide bonds. The van der Waals surface area contributed by atoms with E-state index in [0.29, 0.717) is 58.2 Å². The van der Waals surface area contributed by atoms with Gasteiger partial charge in [0.25, 0.3) is 11.5 Å². The topological polar surface area (TPSA) is 115 Å². The summed E-state index contributed by atoms with van der Waals surface area (Å²) in [6.07, 6.45) is 1.32. The minimum Gasteiger partial charge on any atom is -0.379 e. The number of sulfone groups is 1. The van der Waals surface area contributed by atoms with Gasteiger partial charge in [-0.25, -0.2) is 8.42 Å². The number of carbonyl (C=O) groups excluding carboxylic acids is 2. The number of benzene rings is 2. The van der Waals surface area contributed by atoms with Crippen LogP contribution in [0.25, 0.3) is 16.5 Å². The van der Waals surface area contributed by atoms with Crippen molar-refractivity contribution in [2.24, 2.45) is 0 Å². The first-order valence-corrected chi connectivity index (χ1v) is 16.8. The van der Waals surface area contributed by atoms with Crippen molar-refractivity contribution in [2.45, 2.75) is 17.6 Å². The normalized spacial score (nSPS) is 14.2. The summed E-state index contributed by atoms with van der Waals surface area (Å²) in [4.78, 5) is 41.8. The molecule has 1 N–H and O–H groups in total. The second kappa shape index (κ2) is 13.3. The highest BCUT2D eigenvalue weighted by molar-refractivity contribution is 7.94. The lowest BCUT2D eigenvalue weighted by Crippen LogP contribution is -2.41. The Labute approximate surface area is 262 Å². The highest BCUT2D eigenvalue weighted by atomic mass is 35.5. The van der Waals surface area contributed by atoms with E-state index >= 15 is 0 Å². The van der Waals surface area contributed by atoms with Crippen LogP contribution in [0.15, 0.2) is 63.7 Å². The van der Waals surface area contributed by atoms with Gasteiger partial charge in [-0.3, -0.25) is 23.9 Å². The third-order valence-corrected chi connectivity index (χ3v) is 10.9.